The fourth-order valence-electron chi connectivity index (χ4n) is 2.96. The third-order valence-corrected chi connectivity index (χ3v) is 4.20. The van der Waals surface area contributed by atoms with Gasteiger partial charge in [0.1, 0.15) is 5.75 Å². The molecule has 0 aliphatic carbocycles. The number of nitrogens with one attached hydrogen (secondary N) is 1. The Morgan fingerprint density at radius 2 is 1.86 bits per heavy atom. The van der Waals surface area contributed by atoms with E-state index < -0.39 is 0 Å². The highest BCUT2D eigenvalue weighted by Crippen LogP contribution is 2.23. The molecule has 1 aromatic rings. The number of carbonyl (C=O) groups is 1. The smallest absolute Gasteiger partial charge is 0.222 e. The zero-order chi connectivity index (χ0) is 15.9. The molecule has 1 heterocycles. The predicted octanol–water partition coefficient (Wildman–Crippen LogP) is 2.46. The molecule has 2 rings (SSSR count). The SMILES string of the molecule is CCCOc1cc(C)c(CCC(=O)N2CCNCC2)c(C)c1. The average molecular weight is 304 g/mol. The first-order valence-electron chi connectivity index (χ1n) is 8.33. The number of amides is 1. The molecule has 0 aromatic heterocycles. The van der Waals surface area contributed by atoms with Crippen LogP contribution in [0.4, 0.5) is 0 Å². The Bertz CT molecular complexity index is 485. The third-order valence-electron chi connectivity index (χ3n) is 4.20. The van der Waals surface area contributed by atoms with Crippen molar-refractivity contribution < 1.29 is 9.53 Å². The second kappa shape index (κ2) is 8.18. The van der Waals surface area contributed by atoms with Crippen molar-refractivity contribution in [2.24, 2.45) is 0 Å². The lowest BCUT2D eigenvalue weighted by Crippen LogP contribution is -2.46. The number of hydrogen-bond acceptors (Lipinski definition) is 3. The van der Waals surface area contributed by atoms with Gasteiger partial charge in [0.25, 0.3) is 0 Å². The summed E-state index contributed by atoms with van der Waals surface area (Å²) in [7, 11) is 0. The number of aryl methyl sites for hydroxylation is 2. The van der Waals surface area contributed by atoms with Gasteiger partial charge in [0.05, 0.1) is 6.61 Å². The molecule has 1 aliphatic rings. The quantitative estimate of drug-likeness (QED) is 0.878. The summed E-state index contributed by atoms with van der Waals surface area (Å²) in [5, 5.41) is 3.28. The van der Waals surface area contributed by atoms with E-state index in [1.165, 1.54) is 16.7 Å². The zero-order valence-corrected chi connectivity index (χ0v) is 14.1. The van der Waals surface area contributed by atoms with Crippen molar-refractivity contribution in [1.29, 1.82) is 0 Å². The molecule has 0 spiro atoms. The van der Waals surface area contributed by atoms with Crippen molar-refractivity contribution in [3.8, 4) is 5.75 Å². The van der Waals surface area contributed by atoms with E-state index in [2.05, 4.69) is 38.2 Å². The number of benzene rings is 1. The third kappa shape index (κ3) is 4.47. The minimum absolute atomic E-state index is 0.270. The Kier molecular flexibility index (Phi) is 6.25. The summed E-state index contributed by atoms with van der Waals surface area (Å²) in [5.74, 6) is 1.21. The van der Waals surface area contributed by atoms with Crippen molar-refractivity contribution in [2.45, 2.75) is 40.0 Å². The minimum atomic E-state index is 0.270. The van der Waals surface area contributed by atoms with Gasteiger partial charge < -0.3 is 15.0 Å². The molecule has 1 N–H and O–H groups in total. The lowest BCUT2D eigenvalue weighted by atomic mass is 9.97. The van der Waals surface area contributed by atoms with E-state index in [0.717, 1.165) is 51.4 Å². The van der Waals surface area contributed by atoms with E-state index in [1.807, 2.05) is 4.90 Å². The van der Waals surface area contributed by atoms with Gasteiger partial charge in [-0.25, -0.2) is 0 Å². The minimum Gasteiger partial charge on any atom is -0.494 e. The average Bonchev–Trinajstić information content (AvgIpc) is 2.52. The van der Waals surface area contributed by atoms with Gasteiger partial charge in [-0.15, -0.1) is 0 Å². The summed E-state index contributed by atoms with van der Waals surface area (Å²) in [4.78, 5) is 14.2. The van der Waals surface area contributed by atoms with Gasteiger partial charge >= 0.3 is 0 Å². The van der Waals surface area contributed by atoms with Crippen LogP contribution in [0.3, 0.4) is 0 Å². The van der Waals surface area contributed by atoms with E-state index in [0.29, 0.717) is 6.42 Å². The van der Waals surface area contributed by atoms with Gasteiger partial charge in [-0.1, -0.05) is 6.92 Å². The van der Waals surface area contributed by atoms with Crippen molar-refractivity contribution in [2.75, 3.05) is 32.8 Å². The van der Waals surface area contributed by atoms with Crippen LogP contribution < -0.4 is 10.1 Å². The van der Waals surface area contributed by atoms with E-state index in [-0.39, 0.29) is 5.91 Å². The summed E-state index contributed by atoms with van der Waals surface area (Å²) in [6.45, 7) is 10.6. The molecule has 0 unspecified atom stereocenters. The lowest BCUT2D eigenvalue weighted by Gasteiger charge is -2.27. The number of piperazine rings is 1. The van der Waals surface area contributed by atoms with Crippen molar-refractivity contribution in [3.05, 3.63) is 28.8 Å². The molecule has 4 nitrogen and oxygen atoms in total. The fourth-order valence-corrected chi connectivity index (χ4v) is 2.96. The summed E-state index contributed by atoms with van der Waals surface area (Å²) < 4.78 is 5.71. The lowest BCUT2D eigenvalue weighted by molar-refractivity contribution is -0.131. The van der Waals surface area contributed by atoms with Crippen LogP contribution in [0, 0.1) is 13.8 Å². The molecule has 4 heteroatoms. The van der Waals surface area contributed by atoms with E-state index in [1.54, 1.807) is 0 Å². The second-order valence-corrected chi connectivity index (χ2v) is 6.01. The highest BCUT2D eigenvalue weighted by Gasteiger charge is 2.16. The van der Waals surface area contributed by atoms with Crippen LogP contribution in [0.1, 0.15) is 36.5 Å². The molecule has 0 radical (unpaired) electrons. The standard InChI is InChI=1S/C18H28N2O2/c1-4-11-22-16-12-14(2)17(15(3)13-16)5-6-18(21)20-9-7-19-8-10-20/h12-13,19H,4-11H2,1-3H3. The maximum atomic E-state index is 12.3. The highest BCUT2D eigenvalue weighted by molar-refractivity contribution is 5.76. The Labute approximate surface area is 133 Å². The van der Waals surface area contributed by atoms with Crippen LogP contribution in [0.15, 0.2) is 12.1 Å². The molecule has 1 saturated heterocycles. The van der Waals surface area contributed by atoms with Crippen LogP contribution >= 0.6 is 0 Å². The van der Waals surface area contributed by atoms with Crippen LogP contribution in [0.25, 0.3) is 0 Å². The molecule has 1 aromatic carbocycles. The Hall–Kier alpha value is -1.55. The highest BCUT2D eigenvalue weighted by atomic mass is 16.5. The monoisotopic (exact) mass is 304 g/mol. The molecule has 122 valence electrons. The summed E-state index contributed by atoms with van der Waals surface area (Å²) >= 11 is 0. The van der Waals surface area contributed by atoms with Gasteiger partial charge in [-0.3, -0.25) is 4.79 Å². The first kappa shape index (κ1) is 16.8. The number of hydrogen-bond donors (Lipinski definition) is 1. The molecule has 1 aliphatic heterocycles. The molecule has 1 amide bonds. The normalized spacial score (nSPS) is 15.0. The predicted molar refractivity (Wildman–Crippen MR) is 89.5 cm³/mol. The Morgan fingerprint density at radius 1 is 1.23 bits per heavy atom. The molecular weight excluding hydrogens is 276 g/mol. The second-order valence-electron chi connectivity index (χ2n) is 6.01. The van der Waals surface area contributed by atoms with Gasteiger partial charge in [0, 0.05) is 32.6 Å². The maximum absolute atomic E-state index is 12.3. The molecule has 0 bridgehead atoms. The first-order chi connectivity index (χ1) is 10.6. The van der Waals surface area contributed by atoms with Gasteiger partial charge in [0.15, 0.2) is 0 Å². The van der Waals surface area contributed by atoms with Crippen molar-refractivity contribution in [1.82, 2.24) is 10.2 Å². The Balaban J connectivity index is 1.95. The van der Waals surface area contributed by atoms with Crippen LogP contribution in [-0.4, -0.2) is 43.6 Å². The maximum Gasteiger partial charge on any atom is 0.222 e. The van der Waals surface area contributed by atoms with E-state index in [9.17, 15) is 4.79 Å². The molecule has 1 fully saturated rings. The van der Waals surface area contributed by atoms with Crippen molar-refractivity contribution >= 4 is 5.91 Å². The van der Waals surface area contributed by atoms with E-state index >= 15 is 0 Å². The van der Waals surface area contributed by atoms with Crippen LogP contribution in [0.2, 0.25) is 0 Å². The fraction of sp³-hybridized carbons (Fsp3) is 0.611. The molecule has 0 atom stereocenters. The number of carbonyl (C=O) groups excluding carboxylic acids is 1. The summed E-state index contributed by atoms with van der Waals surface area (Å²) in [6.07, 6.45) is 2.42. The van der Waals surface area contributed by atoms with Gasteiger partial charge in [-0.05, 0) is 55.5 Å². The molecular formula is C18H28N2O2. The summed E-state index contributed by atoms with van der Waals surface area (Å²) in [6, 6.07) is 4.18. The van der Waals surface area contributed by atoms with Crippen LogP contribution in [0.5, 0.6) is 5.75 Å². The number of ether oxygens (including phenoxy) is 1. The Morgan fingerprint density at radius 3 is 2.45 bits per heavy atom. The number of rotatable bonds is 6. The van der Waals surface area contributed by atoms with Gasteiger partial charge in [-0.2, -0.15) is 0 Å². The van der Waals surface area contributed by atoms with Crippen LogP contribution in [-0.2, 0) is 11.2 Å². The topological polar surface area (TPSA) is 41.6 Å². The van der Waals surface area contributed by atoms with Gasteiger partial charge in [0.2, 0.25) is 5.91 Å². The zero-order valence-electron chi connectivity index (χ0n) is 14.1. The summed E-state index contributed by atoms with van der Waals surface area (Å²) in [5.41, 5.74) is 3.73. The van der Waals surface area contributed by atoms with Crippen molar-refractivity contribution in [3.63, 3.8) is 0 Å². The molecule has 22 heavy (non-hydrogen) atoms. The first-order valence-corrected chi connectivity index (χ1v) is 8.33. The largest absolute Gasteiger partial charge is 0.494 e. The molecule has 0 saturated carbocycles. The van der Waals surface area contributed by atoms with E-state index in [4.69, 9.17) is 4.74 Å². The number of nitrogens with zero attached hydrogens (tertiary/aromatic N) is 1.